The van der Waals surface area contributed by atoms with E-state index in [0.717, 1.165) is 5.56 Å². The van der Waals surface area contributed by atoms with Crippen LogP contribution < -0.4 is 20.2 Å². The van der Waals surface area contributed by atoms with E-state index in [1.165, 1.54) is 13.3 Å². The van der Waals surface area contributed by atoms with Crippen molar-refractivity contribution >= 4 is 23.7 Å². The lowest BCUT2D eigenvalue weighted by atomic mass is 10.2. The van der Waals surface area contributed by atoms with Crippen LogP contribution in [0.25, 0.3) is 0 Å². The smallest absolute Gasteiger partial charge is 0.249 e. The van der Waals surface area contributed by atoms with E-state index in [2.05, 4.69) is 22.4 Å². The zero-order chi connectivity index (χ0) is 20.4. The third kappa shape index (κ3) is 5.98. The summed E-state index contributed by atoms with van der Waals surface area (Å²) in [5.41, 5.74) is 4.54. The Bertz CT molecular complexity index is 878. The van der Waals surface area contributed by atoms with Crippen LogP contribution in [-0.2, 0) is 9.59 Å². The first-order valence-corrected chi connectivity index (χ1v) is 8.63. The molecule has 7 nitrogen and oxygen atoms in total. The number of rotatable bonds is 9. The first-order chi connectivity index (χ1) is 13.5. The number of methoxy groups -OCH3 is 1. The van der Waals surface area contributed by atoms with Gasteiger partial charge >= 0.3 is 0 Å². The van der Waals surface area contributed by atoms with E-state index in [-0.39, 0.29) is 6.42 Å². The van der Waals surface area contributed by atoms with Crippen LogP contribution in [0.15, 0.2) is 60.2 Å². The van der Waals surface area contributed by atoms with Gasteiger partial charge in [-0.1, -0.05) is 36.9 Å². The summed E-state index contributed by atoms with van der Waals surface area (Å²) in [6.45, 7) is 5.79. The fraction of sp³-hybridized carbons (Fsp3) is 0.190. The average Bonchev–Trinajstić information content (AvgIpc) is 2.68. The van der Waals surface area contributed by atoms with Crippen molar-refractivity contribution in [1.82, 2.24) is 5.43 Å². The quantitative estimate of drug-likeness (QED) is 0.302. The van der Waals surface area contributed by atoms with Crippen molar-refractivity contribution < 1.29 is 19.1 Å². The summed E-state index contributed by atoms with van der Waals surface area (Å²) < 4.78 is 10.9. The van der Waals surface area contributed by atoms with Gasteiger partial charge in [-0.15, -0.1) is 0 Å². The predicted molar refractivity (Wildman–Crippen MR) is 109 cm³/mol. The maximum Gasteiger partial charge on any atom is 0.249 e. The maximum absolute atomic E-state index is 12.0. The molecule has 28 heavy (non-hydrogen) atoms. The number of amides is 2. The molecule has 0 radical (unpaired) electrons. The summed E-state index contributed by atoms with van der Waals surface area (Å²) in [5, 5.41) is 6.60. The number of hydrazone groups is 1. The van der Waals surface area contributed by atoms with Crippen molar-refractivity contribution in [3.05, 3.63) is 66.2 Å². The number of benzene rings is 2. The minimum atomic E-state index is -0.529. The Balaban J connectivity index is 1.95. The molecule has 7 heteroatoms. The lowest BCUT2D eigenvalue weighted by Gasteiger charge is -2.11. The second-order valence-electron chi connectivity index (χ2n) is 5.81. The van der Waals surface area contributed by atoms with Gasteiger partial charge in [0.1, 0.15) is 13.0 Å². The molecular formula is C21H23N3O4. The van der Waals surface area contributed by atoms with Crippen molar-refractivity contribution in [2.24, 2.45) is 5.10 Å². The zero-order valence-corrected chi connectivity index (χ0v) is 15.9. The highest BCUT2D eigenvalue weighted by atomic mass is 16.5. The maximum atomic E-state index is 12.0. The Hall–Kier alpha value is -3.61. The first kappa shape index (κ1) is 20.7. The number of nitrogens with one attached hydrogen (secondary N) is 2. The Labute approximate surface area is 164 Å². The number of carbonyl (C=O) groups excluding carboxylic acids is 2. The Morgan fingerprint density at radius 2 is 1.93 bits per heavy atom. The molecule has 0 heterocycles. The summed E-state index contributed by atoms with van der Waals surface area (Å²) in [7, 11) is 1.53. The summed E-state index contributed by atoms with van der Waals surface area (Å²) in [4.78, 5) is 23.9. The number of hydrogen-bond acceptors (Lipinski definition) is 5. The van der Waals surface area contributed by atoms with Crippen LogP contribution >= 0.6 is 0 Å². The molecule has 0 aliphatic carbocycles. The predicted octanol–water partition coefficient (Wildman–Crippen LogP) is 3.05. The van der Waals surface area contributed by atoms with Crippen LogP contribution in [0, 0.1) is 6.92 Å². The molecule has 2 aromatic rings. The molecule has 2 aromatic carbocycles. The number of hydrogen-bond donors (Lipinski definition) is 2. The largest absolute Gasteiger partial charge is 0.493 e. The average molecular weight is 381 g/mol. The molecule has 0 spiro atoms. The van der Waals surface area contributed by atoms with E-state index >= 15 is 0 Å². The summed E-state index contributed by atoms with van der Waals surface area (Å²) in [6.07, 6.45) is 2.70. The van der Waals surface area contributed by atoms with E-state index in [4.69, 9.17) is 9.47 Å². The minimum absolute atomic E-state index is 0.298. The lowest BCUT2D eigenvalue weighted by Crippen LogP contribution is -2.24. The Kier molecular flexibility index (Phi) is 7.77. The Morgan fingerprint density at radius 1 is 1.14 bits per heavy atom. The zero-order valence-electron chi connectivity index (χ0n) is 15.9. The van der Waals surface area contributed by atoms with E-state index in [9.17, 15) is 9.59 Å². The molecule has 0 aliphatic heterocycles. The molecule has 0 aliphatic rings. The second kappa shape index (κ2) is 10.5. The Morgan fingerprint density at radius 3 is 2.64 bits per heavy atom. The number of nitrogens with zero attached hydrogens (tertiary/aromatic N) is 1. The fourth-order valence-corrected chi connectivity index (χ4v) is 2.36. The monoisotopic (exact) mass is 381 g/mol. The third-order valence-corrected chi connectivity index (χ3v) is 3.71. The van der Waals surface area contributed by atoms with Crippen molar-refractivity contribution in [2.75, 3.05) is 19.0 Å². The minimum Gasteiger partial charge on any atom is -0.493 e. The van der Waals surface area contributed by atoms with Crippen molar-refractivity contribution in [1.29, 1.82) is 0 Å². The van der Waals surface area contributed by atoms with Gasteiger partial charge in [0, 0.05) is 11.3 Å². The summed E-state index contributed by atoms with van der Waals surface area (Å²) in [6, 6.07) is 12.6. The number of ether oxygens (including phenoxy) is 2. The highest BCUT2D eigenvalue weighted by molar-refractivity contribution is 6.04. The first-order valence-electron chi connectivity index (χ1n) is 8.63. The van der Waals surface area contributed by atoms with E-state index in [1.807, 2.05) is 25.1 Å². The normalized spacial score (nSPS) is 10.4. The highest BCUT2D eigenvalue weighted by Gasteiger charge is 2.11. The van der Waals surface area contributed by atoms with Gasteiger partial charge < -0.3 is 14.8 Å². The summed E-state index contributed by atoms with van der Waals surface area (Å²) >= 11 is 0. The van der Waals surface area contributed by atoms with Crippen LogP contribution in [0.3, 0.4) is 0 Å². The number of para-hydroxylation sites is 2. The van der Waals surface area contributed by atoms with Crippen LogP contribution in [0.2, 0.25) is 0 Å². The molecule has 0 aromatic heterocycles. The second-order valence-corrected chi connectivity index (χ2v) is 5.81. The SMILES string of the molecule is C=CCOc1c(C=NNC(=O)CC(=O)Nc2ccccc2C)cccc1OC. The van der Waals surface area contributed by atoms with Gasteiger partial charge in [-0.05, 0) is 30.7 Å². The van der Waals surface area contributed by atoms with E-state index in [1.54, 1.807) is 30.3 Å². The number of carbonyl (C=O) groups is 2. The van der Waals surface area contributed by atoms with Crippen molar-refractivity contribution in [3.63, 3.8) is 0 Å². The molecule has 0 unspecified atom stereocenters. The lowest BCUT2D eigenvalue weighted by molar-refractivity contribution is -0.126. The van der Waals surface area contributed by atoms with Gasteiger partial charge in [-0.25, -0.2) is 5.43 Å². The van der Waals surface area contributed by atoms with Crippen LogP contribution in [0.4, 0.5) is 5.69 Å². The number of anilines is 1. The molecular weight excluding hydrogens is 358 g/mol. The number of aryl methyl sites for hydroxylation is 1. The topological polar surface area (TPSA) is 89.0 Å². The molecule has 0 bridgehead atoms. The van der Waals surface area contributed by atoms with Crippen molar-refractivity contribution in [3.8, 4) is 11.5 Å². The van der Waals surface area contributed by atoms with E-state index < -0.39 is 11.8 Å². The molecule has 146 valence electrons. The van der Waals surface area contributed by atoms with Gasteiger partial charge in [0.2, 0.25) is 11.8 Å². The molecule has 0 fully saturated rings. The fourth-order valence-electron chi connectivity index (χ4n) is 2.36. The molecule has 0 saturated heterocycles. The van der Waals surface area contributed by atoms with Gasteiger partial charge in [-0.2, -0.15) is 5.10 Å². The molecule has 2 rings (SSSR count). The molecule has 2 amide bonds. The highest BCUT2D eigenvalue weighted by Crippen LogP contribution is 2.30. The van der Waals surface area contributed by atoms with E-state index in [0.29, 0.717) is 29.4 Å². The van der Waals surface area contributed by atoms with Crippen molar-refractivity contribution in [2.45, 2.75) is 13.3 Å². The molecule has 0 saturated carbocycles. The molecule has 2 N–H and O–H groups in total. The van der Waals surface area contributed by atoms with Gasteiger partial charge in [0.05, 0.1) is 13.3 Å². The molecule has 0 atom stereocenters. The van der Waals surface area contributed by atoms with Crippen LogP contribution in [0.1, 0.15) is 17.5 Å². The van der Waals surface area contributed by atoms with Gasteiger partial charge in [0.25, 0.3) is 0 Å². The van der Waals surface area contributed by atoms with Crippen LogP contribution in [0.5, 0.6) is 11.5 Å². The van der Waals surface area contributed by atoms with Gasteiger partial charge in [-0.3, -0.25) is 9.59 Å². The van der Waals surface area contributed by atoms with Gasteiger partial charge in [0.15, 0.2) is 11.5 Å². The summed E-state index contributed by atoms with van der Waals surface area (Å²) in [5.74, 6) is 0.0760. The standard InChI is InChI=1S/C21H23N3O4/c1-4-12-28-21-16(9-7-11-18(21)27-3)14-22-24-20(26)13-19(25)23-17-10-6-5-8-15(17)2/h4-11,14H,1,12-13H2,2-3H3,(H,23,25)(H,24,26). The van der Waals surface area contributed by atoms with Crippen LogP contribution in [-0.4, -0.2) is 31.7 Å². The third-order valence-electron chi connectivity index (χ3n) is 3.71.